The number of nitrogens with zero attached hydrogens (tertiary/aromatic N) is 3. The number of para-hydroxylation sites is 1. The first kappa shape index (κ1) is 21.1. The molecule has 2 aromatic carbocycles. The zero-order valence-corrected chi connectivity index (χ0v) is 18.8. The molecule has 1 aliphatic heterocycles. The normalized spacial score (nSPS) is 14.9. The van der Waals surface area contributed by atoms with Gasteiger partial charge in [0.1, 0.15) is 11.6 Å². The Morgan fingerprint density at radius 3 is 2.55 bits per heavy atom. The molecule has 4 aromatic rings. The van der Waals surface area contributed by atoms with Crippen molar-refractivity contribution in [3.63, 3.8) is 0 Å². The van der Waals surface area contributed by atoms with Crippen molar-refractivity contribution < 1.29 is 9.21 Å². The third-order valence-electron chi connectivity index (χ3n) is 6.17. The molecule has 0 aliphatic carbocycles. The van der Waals surface area contributed by atoms with Gasteiger partial charge in [-0.15, -0.1) is 0 Å². The maximum absolute atomic E-state index is 12.9. The first-order valence-corrected chi connectivity index (χ1v) is 11.4. The Hall–Kier alpha value is -3.80. The number of hydrogen-bond donors (Lipinski definition) is 1. The quantitative estimate of drug-likeness (QED) is 0.478. The van der Waals surface area contributed by atoms with Crippen LogP contribution in [0.3, 0.4) is 0 Å². The number of furan rings is 1. The molecule has 3 heterocycles. The zero-order chi connectivity index (χ0) is 22.6. The van der Waals surface area contributed by atoms with Crippen LogP contribution >= 0.6 is 0 Å². The number of hydrogen-bond acceptors (Lipinski definition) is 5. The van der Waals surface area contributed by atoms with E-state index in [1.165, 1.54) is 5.69 Å². The standard InChI is InChI=1S/C27H28N4O2/c1-20(18-24-8-5-17-33-24)29-27(32)22-10-9-21-11-12-28-26(25(21)19-22)31-15-13-30(14-16-31)23-6-3-2-4-7-23/h2-12,17,19-20H,13-16,18H2,1H3,(H,29,32). The fourth-order valence-electron chi connectivity index (χ4n) is 4.45. The van der Waals surface area contributed by atoms with E-state index in [9.17, 15) is 4.79 Å². The summed E-state index contributed by atoms with van der Waals surface area (Å²) >= 11 is 0. The Balaban J connectivity index is 1.32. The van der Waals surface area contributed by atoms with Gasteiger partial charge < -0.3 is 19.5 Å². The molecule has 1 saturated heterocycles. The topological polar surface area (TPSA) is 61.6 Å². The summed E-state index contributed by atoms with van der Waals surface area (Å²) in [5.74, 6) is 1.72. The van der Waals surface area contributed by atoms with E-state index >= 15 is 0 Å². The number of carbonyl (C=O) groups is 1. The fraction of sp³-hybridized carbons (Fsp3) is 0.259. The highest BCUT2D eigenvalue weighted by molar-refractivity contribution is 6.01. The number of carbonyl (C=O) groups excluding carboxylic acids is 1. The Morgan fingerprint density at radius 2 is 1.79 bits per heavy atom. The lowest BCUT2D eigenvalue weighted by Gasteiger charge is -2.37. The van der Waals surface area contributed by atoms with Crippen LogP contribution in [0.4, 0.5) is 11.5 Å². The molecule has 5 rings (SSSR count). The van der Waals surface area contributed by atoms with E-state index in [2.05, 4.69) is 39.4 Å². The number of fused-ring (bicyclic) bond motifs is 1. The Kier molecular flexibility index (Phi) is 5.98. The number of aromatic nitrogens is 1. The fourth-order valence-corrected chi connectivity index (χ4v) is 4.45. The summed E-state index contributed by atoms with van der Waals surface area (Å²) in [6.45, 7) is 5.63. The Labute approximate surface area is 193 Å². The van der Waals surface area contributed by atoms with E-state index in [0.29, 0.717) is 12.0 Å². The molecule has 33 heavy (non-hydrogen) atoms. The molecule has 6 heteroatoms. The van der Waals surface area contributed by atoms with Gasteiger partial charge in [0.2, 0.25) is 0 Å². The van der Waals surface area contributed by atoms with Crippen LogP contribution in [0.15, 0.2) is 83.6 Å². The third kappa shape index (κ3) is 4.70. The molecule has 6 nitrogen and oxygen atoms in total. The number of amides is 1. The van der Waals surface area contributed by atoms with Crippen LogP contribution in [0.5, 0.6) is 0 Å². The number of benzene rings is 2. The van der Waals surface area contributed by atoms with Crippen molar-refractivity contribution in [1.82, 2.24) is 10.3 Å². The Morgan fingerprint density at radius 1 is 1.00 bits per heavy atom. The Bertz CT molecular complexity index is 1220. The molecule has 1 amide bonds. The molecular weight excluding hydrogens is 412 g/mol. The smallest absolute Gasteiger partial charge is 0.251 e. The largest absolute Gasteiger partial charge is 0.469 e. The van der Waals surface area contributed by atoms with Crippen molar-refractivity contribution in [2.24, 2.45) is 0 Å². The molecule has 2 aromatic heterocycles. The molecule has 1 aliphatic rings. The van der Waals surface area contributed by atoms with Gasteiger partial charge in [-0.2, -0.15) is 0 Å². The summed E-state index contributed by atoms with van der Waals surface area (Å²) in [7, 11) is 0. The van der Waals surface area contributed by atoms with Crippen LogP contribution in [0.25, 0.3) is 10.8 Å². The number of rotatable bonds is 6. The molecule has 1 fully saturated rings. The minimum Gasteiger partial charge on any atom is -0.469 e. The lowest BCUT2D eigenvalue weighted by atomic mass is 10.1. The maximum Gasteiger partial charge on any atom is 0.251 e. The number of nitrogens with one attached hydrogen (secondary N) is 1. The van der Waals surface area contributed by atoms with Crippen LogP contribution in [0.2, 0.25) is 0 Å². The van der Waals surface area contributed by atoms with Gasteiger partial charge in [-0.1, -0.05) is 24.3 Å². The second-order valence-corrected chi connectivity index (χ2v) is 8.54. The van der Waals surface area contributed by atoms with E-state index in [1.54, 1.807) is 6.26 Å². The van der Waals surface area contributed by atoms with E-state index in [4.69, 9.17) is 9.40 Å². The lowest BCUT2D eigenvalue weighted by molar-refractivity contribution is 0.0939. The highest BCUT2D eigenvalue weighted by Gasteiger charge is 2.21. The van der Waals surface area contributed by atoms with Gasteiger partial charge in [-0.3, -0.25) is 4.79 Å². The number of pyridine rings is 1. The second-order valence-electron chi connectivity index (χ2n) is 8.54. The molecular formula is C27H28N4O2. The van der Waals surface area contributed by atoms with Gasteiger partial charge >= 0.3 is 0 Å². The lowest BCUT2D eigenvalue weighted by Crippen LogP contribution is -2.46. The first-order valence-electron chi connectivity index (χ1n) is 11.4. The highest BCUT2D eigenvalue weighted by Crippen LogP contribution is 2.27. The highest BCUT2D eigenvalue weighted by atomic mass is 16.3. The van der Waals surface area contributed by atoms with Gasteiger partial charge in [-0.05, 0) is 54.8 Å². The van der Waals surface area contributed by atoms with Crippen molar-refractivity contribution in [3.05, 3.63) is 90.5 Å². The first-order chi connectivity index (χ1) is 16.2. The SMILES string of the molecule is CC(Cc1ccco1)NC(=O)c1ccc2ccnc(N3CCN(c4ccccc4)CC3)c2c1. The van der Waals surface area contributed by atoms with Gasteiger partial charge in [-0.25, -0.2) is 4.98 Å². The summed E-state index contributed by atoms with van der Waals surface area (Å²) in [5.41, 5.74) is 1.90. The summed E-state index contributed by atoms with van der Waals surface area (Å²) in [6, 6.07) is 22.1. The average molecular weight is 441 g/mol. The predicted octanol–water partition coefficient (Wildman–Crippen LogP) is 4.52. The number of anilines is 2. The van der Waals surface area contributed by atoms with Crippen LogP contribution < -0.4 is 15.1 Å². The zero-order valence-electron chi connectivity index (χ0n) is 18.8. The molecule has 0 spiro atoms. The van der Waals surface area contributed by atoms with Gasteiger partial charge in [0.15, 0.2) is 0 Å². The second kappa shape index (κ2) is 9.36. The van der Waals surface area contributed by atoms with E-state index in [0.717, 1.165) is 48.5 Å². The van der Waals surface area contributed by atoms with E-state index in [-0.39, 0.29) is 11.9 Å². The van der Waals surface area contributed by atoms with Gasteiger partial charge in [0, 0.05) is 61.5 Å². The van der Waals surface area contributed by atoms with Crippen molar-refractivity contribution in [1.29, 1.82) is 0 Å². The number of piperazine rings is 1. The summed E-state index contributed by atoms with van der Waals surface area (Å²) in [6.07, 6.45) is 4.17. The monoisotopic (exact) mass is 440 g/mol. The molecule has 1 N–H and O–H groups in total. The molecule has 0 radical (unpaired) electrons. The molecule has 1 unspecified atom stereocenters. The van der Waals surface area contributed by atoms with E-state index < -0.39 is 0 Å². The van der Waals surface area contributed by atoms with Gasteiger partial charge in [0.05, 0.1) is 6.26 Å². The molecule has 0 saturated carbocycles. The van der Waals surface area contributed by atoms with Crippen LogP contribution in [-0.2, 0) is 6.42 Å². The molecule has 1 atom stereocenters. The van der Waals surface area contributed by atoms with Crippen molar-refractivity contribution in [2.45, 2.75) is 19.4 Å². The van der Waals surface area contributed by atoms with Crippen LogP contribution in [0.1, 0.15) is 23.0 Å². The average Bonchev–Trinajstić information content (AvgIpc) is 3.37. The van der Waals surface area contributed by atoms with Crippen molar-refractivity contribution in [2.75, 3.05) is 36.0 Å². The summed E-state index contributed by atoms with van der Waals surface area (Å²) in [5, 5.41) is 5.18. The minimum atomic E-state index is -0.0837. The molecule has 0 bridgehead atoms. The van der Waals surface area contributed by atoms with Crippen LogP contribution in [0, 0.1) is 0 Å². The van der Waals surface area contributed by atoms with Crippen molar-refractivity contribution in [3.8, 4) is 0 Å². The minimum absolute atomic E-state index is 0.0289. The summed E-state index contributed by atoms with van der Waals surface area (Å²) in [4.78, 5) is 22.4. The van der Waals surface area contributed by atoms with Crippen molar-refractivity contribution >= 4 is 28.2 Å². The molecule has 168 valence electrons. The van der Waals surface area contributed by atoms with Crippen LogP contribution in [-0.4, -0.2) is 43.1 Å². The third-order valence-corrected chi connectivity index (χ3v) is 6.17. The summed E-state index contributed by atoms with van der Waals surface area (Å²) < 4.78 is 5.40. The van der Waals surface area contributed by atoms with E-state index in [1.807, 2.05) is 55.6 Å². The van der Waals surface area contributed by atoms with Gasteiger partial charge in [0.25, 0.3) is 5.91 Å². The maximum atomic E-state index is 12.9. The predicted molar refractivity (Wildman–Crippen MR) is 132 cm³/mol.